The van der Waals surface area contributed by atoms with Crippen LogP contribution in [0.3, 0.4) is 0 Å². The van der Waals surface area contributed by atoms with E-state index in [1.165, 1.54) is 5.56 Å². The molecule has 25 heavy (non-hydrogen) atoms. The van der Waals surface area contributed by atoms with Gasteiger partial charge in [0.05, 0.1) is 6.20 Å². The third kappa shape index (κ3) is 2.93. The molecule has 1 saturated heterocycles. The van der Waals surface area contributed by atoms with Crippen LogP contribution in [0.5, 0.6) is 0 Å². The molecule has 1 N–H and O–H groups in total. The average molecular weight is 336 g/mol. The van der Waals surface area contributed by atoms with E-state index in [1.54, 1.807) is 29.2 Å². The molecule has 1 aliphatic heterocycles. The van der Waals surface area contributed by atoms with Crippen LogP contribution in [0.15, 0.2) is 43.0 Å². The van der Waals surface area contributed by atoms with Crippen LogP contribution in [0.25, 0.3) is 5.65 Å². The first kappa shape index (κ1) is 15.6. The van der Waals surface area contributed by atoms with Crippen molar-refractivity contribution in [3.8, 4) is 0 Å². The highest BCUT2D eigenvalue weighted by Gasteiger charge is 2.27. The van der Waals surface area contributed by atoms with Gasteiger partial charge in [0.15, 0.2) is 5.65 Å². The van der Waals surface area contributed by atoms with Crippen LogP contribution < -0.4 is 5.32 Å². The van der Waals surface area contributed by atoms with Gasteiger partial charge < -0.3 is 10.2 Å². The van der Waals surface area contributed by atoms with Gasteiger partial charge >= 0.3 is 0 Å². The zero-order valence-electron chi connectivity index (χ0n) is 14.1. The fourth-order valence-corrected chi connectivity index (χ4v) is 3.42. The maximum atomic E-state index is 13.0. The Hall–Kier alpha value is -2.96. The van der Waals surface area contributed by atoms with E-state index >= 15 is 0 Å². The number of carbonyl (C=O) groups excluding carboxylic acids is 1. The molecule has 4 heterocycles. The lowest BCUT2D eigenvalue weighted by Gasteiger charge is -2.33. The first-order valence-corrected chi connectivity index (χ1v) is 8.47. The number of hydrogen-bond acceptors (Lipinski definition) is 5. The smallest absolute Gasteiger partial charge is 0.259 e. The molecule has 0 spiro atoms. The molecule has 4 rings (SSSR count). The van der Waals surface area contributed by atoms with Gasteiger partial charge in [-0.05, 0) is 36.6 Å². The minimum Gasteiger partial charge on any atom is -0.373 e. The fourth-order valence-electron chi connectivity index (χ4n) is 3.42. The summed E-state index contributed by atoms with van der Waals surface area (Å²) in [6.07, 6.45) is 8.97. The van der Waals surface area contributed by atoms with Crippen molar-refractivity contribution in [2.24, 2.45) is 0 Å². The van der Waals surface area contributed by atoms with Crippen molar-refractivity contribution in [2.75, 3.05) is 25.5 Å². The quantitative estimate of drug-likeness (QED) is 0.793. The van der Waals surface area contributed by atoms with Crippen molar-refractivity contribution >= 4 is 17.4 Å². The zero-order valence-corrected chi connectivity index (χ0v) is 14.1. The second kappa shape index (κ2) is 6.51. The van der Waals surface area contributed by atoms with E-state index in [0.717, 1.165) is 25.2 Å². The maximum absolute atomic E-state index is 13.0. The predicted octanol–water partition coefficient (Wildman–Crippen LogP) is 2.19. The van der Waals surface area contributed by atoms with Gasteiger partial charge in [0.25, 0.3) is 5.91 Å². The van der Waals surface area contributed by atoms with E-state index in [-0.39, 0.29) is 5.91 Å². The van der Waals surface area contributed by atoms with E-state index in [4.69, 9.17) is 0 Å². The molecule has 0 saturated carbocycles. The average Bonchev–Trinajstić information content (AvgIpc) is 3.11. The van der Waals surface area contributed by atoms with Crippen LogP contribution in [0.4, 0.5) is 5.82 Å². The number of hydrogen-bond donors (Lipinski definition) is 1. The van der Waals surface area contributed by atoms with Gasteiger partial charge in [0.1, 0.15) is 11.4 Å². The molecule has 7 nitrogen and oxygen atoms in total. The number of amides is 1. The van der Waals surface area contributed by atoms with Crippen molar-refractivity contribution in [1.29, 1.82) is 0 Å². The predicted molar refractivity (Wildman–Crippen MR) is 94.6 cm³/mol. The summed E-state index contributed by atoms with van der Waals surface area (Å²) in [5.74, 6) is 1.18. The van der Waals surface area contributed by atoms with Crippen LogP contribution in [0.1, 0.15) is 34.7 Å². The lowest BCUT2D eigenvalue weighted by Crippen LogP contribution is -2.39. The van der Waals surface area contributed by atoms with Crippen LogP contribution in [0.2, 0.25) is 0 Å². The molecule has 1 fully saturated rings. The highest BCUT2D eigenvalue weighted by Crippen LogP contribution is 2.28. The number of piperidine rings is 1. The molecular weight excluding hydrogens is 316 g/mol. The molecule has 1 unspecified atom stereocenters. The minimum atomic E-state index is 0.00120. The van der Waals surface area contributed by atoms with E-state index in [9.17, 15) is 4.79 Å². The first-order chi connectivity index (χ1) is 12.3. The third-order valence-corrected chi connectivity index (χ3v) is 4.73. The monoisotopic (exact) mass is 336 g/mol. The van der Waals surface area contributed by atoms with E-state index in [0.29, 0.717) is 23.7 Å². The Bertz CT molecular complexity index is 905. The Morgan fingerprint density at radius 1 is 1.32 bits per heavy atom. The number of pyridine rings is 1. The van der Waals surface area contributed by atoms with Crippen molar-refractivity contribution in [3.05, 3.63) is 54.1 Å². The number of nitrogens with zero attached hydrogens (tertiary/aromatic N) is 5. The highest BCUT2D eigenvalue weighted by molar-refractivity contribution is 5.99. The van der Waals surface area contributed by atoms with Gasteiger partial charge in [0.2, 0.25) is 0 Å². The third-order valence-electron chi connectivity index (χ3n) is 4.73. The standard InChI is InChI=1S/C18H20N6O/c1-19-16-10-13(5-7-20-16)14-4-2-8-23(12-14)18(25)15-11-22-24-9-3-6-21-17(15)24/h3,5-7,9-11,14H,2,4,8,12H2,1H3,(H,19,20). The Morgan fingerprint density at radius 3 is 3.12 bits per heavy atom. The van der Waals surface area contributed by atoms with Crippen LogP contribution in [-0.2, 0) is 0 Å². The Balaban J connectivity index is 1.57. The van der Waals surface area contributed by atoms with E-state index in [1.807, 2.05) is 24.2 Å². The molecule has 128 valence electrons. The Kier molecular flexibility index (Phi) is 4.05. The summed E-state index contributed by atoms with van der Waals surface area (Å²) in [5, 5.41) is 7.30. The molecule has 0 radical (unpaired) electrons. The van der Waals surface area contributed by atoms with Gasteiger partial charge in [0, 0.05) is 44.6 Å². The molecule has 7 heteroatoms. The number of aromatic nitrogens is 4. The lowest BCUT2D eigenvalue weighted by atomic mass is 9.91. The summed E-state index contributed by atoms with van der Waals surface area (Å²) in [6.45, 7) is 1.47. The summed E-state index contributed by atoms with van der Waals surface area (Å²) in [4.78, 5) is 23.5. The van der Waals surface area contributed by atoms with Crippen molar-refractivity contribution in [2.45, 2.75) is 18.8 Å². The SMILES string of the molecule is CNc1cc(C2CCCN(C(=O)c3cnn4cccnc34)C2)ccn1. The normalized spacial score (nSPS) is 17.6. The second-order valence-electron chi connectivity index (χ2n) is 6.26. The molecule has 1 amide bonds. The highest BCUT2D eigenvalue weighted by atomic mass is 16.2. The Labute approximate surface area is 145 Å². The van der Waals surface area contributed by atoms with E-state index < -0.39 is 0 Å². The van der Waals surface area contributed by atoms with Crippen LogP contribution >= 0.6 is 0 Å². The minimum absolute atomic E-state index is 0.00120. The number of anilines is 1. The summed E-state index contributed by atoms with van der Waals surface area (Å²) in [5.41, 5.74) is 2.39. The maximum Gasteiger partial charge on any atom is 0.259 e. The molecule has 3 aromatic rings. The molecule has 0 bridgehead atoms. The number of rotatable bonds is 3. The van der Waals surface area contributed by atoms with Crippen molar-refractivity contribution < 1.29 is 4.79 Å². The van der Waals surface area contributed by atoms with Gasteiger partial charge in [-0.1, -0.05) is 0 Å². The summed E-state index contributed by atoms with van der Waals surface area (Å²) in [7, 11) is 1.86. The van der Waals surface area contributed by atoms with Crippen LogP contribution in [-0.4, -0.2) is 50.5 Å². The summed E-state index contributed by atoms with van der Waals surface area (Å²) >= 11 is 0. The topological polar surface area (TPSA) is 75.4 Å². The molecule has 0 aromatic carbocycles. The summed E-state index contributed by atoms with van der Waals surface area (Å²) in [6, 6.07) is 5.90. The molecule has 1 aliphatic rings. The van der Waals surface area contributed by atoms with Gasteiger partial charge in [-0.2, -0.15) is 5.10 Å². The number of likely N-dealkylation sites (tertiary alicyclic amines) is 1. The van der Waals surface area contributed by atoms with Crippen LogP contribution in [0, 0.1) is 0 Å². The molecular formula is C18H20N6O. The molecule has 3 aromatic heterocycles. The number of nitrogens with one attached hydrogen (secondary N) is 1. The van der Waals surface area contributed by atoms with E-state index in [2.05, 4.69) is 26.4 Å². The Morgan fingerprint density at radius 2 is 2.24 bits per heavy atom. The second-order valence-corrected chi connectivity index (χ2v) is 6.26. The number of carbonyl (C=O) groups is 1. The lowest BCUT2D eigenvalue weighted by molar-refractivity contribution is 0.0709. The number of fused-ring (bicyclic) bond motifs is 1. The van der Waals surface area contributed by atoms with Crippen molar-refractivity contribution in [3.63, 3.8) is 0 Å². The molecule has 1 atom stereocenters. The fraction of sp³-hybridized carbons (Fsp3) is 0.333. The van der Waals surface area contributed by atoms with Crippen molar-refractivity contribution in [1.82, 2.24) is 24.5 Å². The largest absolute Gasteiger partial charge is 0.373 e. The molecule has 0 aliphatic carbocycles. The van der Waals surface area contributed by atoms with Gasteiger partial charge in [-0.3, -0.25) is 4.79 Å². The van der Waals surface area contributed by atoms with Gasteiger partial charge in [-0.25, -0.2) is 14.5 Å². The first-order valence-electron chi connectivity index (χ1n) is 8.47. The zero-order chi connectivity index (χ0) is 17.2. The summed E-state index contributed by atoms with van der Waals surface area (Å²) < 4.78 is 1.64. The van der Waals surface area contributed by atoms with Gasteiger partial charge in [-0.15, -0.1) is 0 Å².